The topological polar surface area (TPSA) is 116 Å². The first-order valence-corrected chi connectivity index (χ1v) is 31.5. The summed E-state index contributed by atoms with van der Waals surface area (Å²) in [5.74, 6) is 0. The van der Waals surface area contributed by atoms with Crippen molar-refractivity contribution in [1.29, 1.82) is 0 Å². The van der Waals surface area contributed by atoms with E-state index in [0.29, 0.717) is 18.4 Å². The highest BCUT2D eigenvalue weighted by Crippen LogP contribution is 2.49. The van der Waals surface area contributed by atoms with Gasteiger partial charge in [0.05, 0.1) is 0 Å². The minimum absolute atomic E-state index is 0.661. The quantitative estimate of drug-likeness (QED) is 0.102. The van der Waals surface area contributed by atoms with Gasteiger partial charge in [-0.05, 0) is 113 Å². The molecule has 0 spiro atoms. The molecule has 0 amide bonds. The third kappa shape index (κ3) is 15.1. The molecule has 56 heavy (non-hydrogen) atoms. The van der Waals surface area contributed by atoms with Gasteiger partial charge in [0.25, 0.3) is 0 Å². The van der Waals surface area contributed by atoms with Crippen LogP contribution < -0.4 is 10.4 Å². The van der Waals surface area contributed by atoms with Crippen LogP contribution in [0.3, 0.4) is 0 Å². The Morgan fingerprint density at radius 3 is 1.09 bits per heavy atom. The molecule has 4 aromatic carbocycles. The molecule has 17 heteroatoms. The number of fused-ring (bicyclic) bond motifs is 4. The van der Waals surface area contributed by atoms with Crippen LogP contribution in [0.15, 0.2) is 124 Å². The largest absolute Gasteiger partial charge is 0.494 e. The van der Waals surface area contributed by atoms with Crippen molar-refractivity contribution in [2.45, 2.75) is 99.6 Å². The summed E-state index contributed by atoms with van der Waals surface area (Å²) < 4.78 is 31.9. The molecule has 2 heterocycles. The molecule has 3 N–H and O–H groups in total. The molecule has 6 rings (SSSR count). The first-order chi connectivity index (χ1) is 26.4. The number of hydrogen-bond acceptors (Lipinski definition) is 13. The van der Waals surface area contributed by atoms with Crippen LogP contribution in [0.5, 0.6) is 0 Å². The molecule has 0 fully saturated rings. The number of hydrogen-bond donors (Lipinski definition) is 3. The van der Waals surface area contributed by atoms with Crippen molar-refractivity contribution in [2.75, 3.05) is 40.6 Å². The van der Waals surface area contributed by atoms with E-state index in [0.717, 1.165) is 18.1 Å². The van der Waals surface area contributed by atoms with E-state index in [1.165, 1.54) is 60.2 Å². The Balaban J connectivity index is 0.000000221. The van der Waals surface area contributed by atoms with Crippen LogP contribution in [0, 0.1) is 0 Å². The minimum atomic E-state index is -3.21. The van der Waals surface area contributed by atoms with Crippen LogP contribution in [0.1, 0.15) is 27.7 Å². The maximum absolute atomic E-state index is 9.76. The predicted molar refractivity (Wildman–Crippen MR) is 241 cm³/mol. The van der Waals surface area contributed by atoms with Crippen LogP contribution in [0.4, 0.5) is 0 Å². The molecule has 0 aromatic heterocycles. The second-order valence-corrected chi connectivity index (χ2v) is 29.0. The monoisotopic (exact) mass is 910 g/mol. The third-order valence-electron chi connectivity index (χ3n) is 8.12. The van der Waals surface area contributed by atoms with E-state index in [-0.39, 0.29) is 0 Å². The summed E-state index contributed by atoms with van der Waals surface area (Å²) in [6.07, 6.45) is 0. The van der Waals surface area contributed by atoms with E-state index < -0.39 is 34.5 Å². The Kier molecular flexibility index (Phi) is 20.2. The SMILES string of the molecule is CCO[Si](C)(C)OCC.CCO[Si](C)(OCC)c1ccc2c(c1)Sc1ccccc1S2.CO[Si](C)(O)OC.C[Si](O)(O)c1ccc2c(c1)Sc1ccccc1S2. The smallest absolute Gasteiger partial charge is 0.408 e. The zero-order valence-corrected chi connectivity index (χ0v) is 41.6. The lowest BCUT2D eigenvalue weighted by molar-refractivity contribution is 0.160. The molecule has 2 aliphatic rings. The van der Waals surface area contributed by atoms with Crippen LogP contribution in [-0.2, 0) is 26.6 Å². The summed E-state index contributed by atoms with van der Waals surface area (Å²) in [5.41, 5.74) is 0. The van der Waals surface area contributed by atoms with E-state index in [4.69, 9.17) is 22.5 Å². The zero-order valence-electron chi connectivity index (χ0n) is 34.3. The maximum atomic E-state index is 9.76. The zero-order chi connectivity index (χ0) is 41.6. The molecule has 0 bridgehead atoms. The van der Waals surface area contributed by atoms with Gasteiger partial charge in [-0.15, -0.1) is 0 Å². The van der Waals surface area contributed by atoms with Crippen molar-refractivity contribution in [3.63, 3.8) is 0 Å². The van der Waals surface area contributed by atoms with Crippen LogP contribution in [0.2, 0.25) is 32.7 Å². The van der Waals surface area contributed by atoms with Gasteiger partial charge in [0.2, 0.25) is 0 Å². The van der Waals surface area contributed by atoms with Crippen molar-refractivity contribution in [3.05, 3.63) is 84.9 Å². The average Bonchev–Trinajstić information content (AvgIpc) is 3.16. The standard InChI is InChI=1S/C17H20O2S2Si.C13H12O2S2Si.C6H16O2Si.C3H10O3Si/c1-4-18-22(3,19-5-2)13-10-11-16-17(12-13)21-15-9-7-6-8-14(15)20-16;1-18(14,15)9-6-7-12-13(8-9)17-11-5-3-2-4-10(11)16-12;1-5-7-9(3,4)8-6-2;1-5-7(3,4)6-2/h6-12H,4-5H2,1-3H3;2-8,14-15H,1H3;5-6H2,1-4H3;4H,1-3H3. The van der Waals surface area contributed by atoms with E-state index in [1.807, 2.05) is 81.6 Å². The fourth-order valence-corrected chi connectivity index (χ4v) is 14.7. The Bertz CT molecular complexity index is 1810. The highest BCUT2D eigenvalue weighted by molar-refractivity contribution is 8.05. The Morgan fingerprint density at radius 1 is 0.446 bits per heavy atom. The molecule has 2 aliphatic heterocycles. The van der Waals surface area contributed by atoms with Crippen molar-refractivity contribution in [2.24, 2.45) is 0 Å². The molecule has 9 nitrogen and oxygen atoms in total. The van der Waals surface area contributed by atoms with Gasteiger partial charge >= 0.3 is 34.5 Å². The highest BCUT2D eigenvalue weighted by Gasteiger charge is 2.35. The summed E-state index contributed by atoms with van der Waals surface area (Å²) in [6.45, 7) is 20.3. The summed E-state index contributed by atoms with van der Waals surface area (Å²) in [6, 6.07) is 29.2. The van der Waals surface area contributed by atoms with Crippen molar-refractivity contribution in [3.8, 4) is 0 Å². The lowest BCUT2D eigenvalue weighted by atomic mass is 10.3. The lowest BCUT2D eigenvalue weighted by Crippen LogP contribution is -2.51. The lowest BCUT2D eigenvalue weighted by Gasteiger charge is -2.28. The summed E-state index contributed by atoms with van der Waals surface area (Å²) in [4.78, 5) is 38.4. The summed E-state index contributed by atoms with van der Waals surface area (Å²) in [7, 11) is -7.01. The molecule has 0 radical (unpaired) electrons. The Labute approximate surface area is 355 Å². The molecule has 0 atom stereocenters. The first kappa shape index (κ1) is 49.2. The minimum Gasteiger partial charge on any atom is -0.408 e. The Morgan fingerprint density at radius 2 is 0.768 bits per heavy atom. The van der Waals surface area contributed by atoms with Gasteiger partial charge in [-0.1, -0.05) is 83.4 Å². The van der Waals surface area contributed by atoms with Gasteiger partial charge in [-0.2, -0.15) is 0 Å². The van der Waals surface area contributed by atoms with Gasteiger partial charge in [0.1, 0.15) is 0 Å². The molecule has 4 aromatic rings. The molecular formula is C39H58O9S4Si4. The van der Waals surface area contributed by atoms with Gasteiger partial charge in [0, 0.05) is 86.4 Å². The van der Waals surface area contributed by atoms with Gasteiger partial charge in [-0.25, -0.2) is 0 Å². The highest BCUT2D eigenvalue weighted by atomic mass is 32.2. The fourth-order valence-electron chi connectivity index (χ4n) is 5.21. The van der Waals surface area contributed by atoms with E-state index >= 15 is 0 Å². The van der Waals surface area contributed by atoms with Crippen LogP contribution in [-0.4, -0.2) is 89.5 Å². The van der Waals surface area contributed by atoms with E-state index in [2.05, 4.69) is 83.1 Å². The molecular weight excluding hydrogens is 853 g/mol. The average molecular weight is 911 g/mol. The summed E-state index contributed by atoms with van der Waals surface area (Å²) >= 11 is 7.11. The molecule has 308 valence electrons. The van der Waals surface area contributed by atoms with E-state index in [9.17, 15) is 9.59 Å². The van der Waals surface area contributed by atoms with E-state index in [1.54, 1.807) is 30.1 Å². The van der Waals surface area contributed by atoms with Crippen molar-refractivity contribution >= 4 is 91.9 Å². The first-order valence-electron chi connectivity index (χ1n) is 18.5. The molecule has 0 saturated heterocycles. The molecule has 0 unspecified atom stereocenters. The normalized spacial score (nSPS) is 13.2. The maximum Gasteiger partial charge on any atom is 0.494 e. The predicted octanol–water partition coefficient (Wildman–Crippen LogP) is 8.82. The molecule has 0 aliphatic carbocycles. The van der Waals surface area contributed by atoms with Crippen molar-refractivity contribution in [1.82, 2.24) is 0 Å². The second kappa shape index (κ2) is 23.0. The number of benzene rings is 4. The van der Waals surface area contributed by atoms with Crippen molar-refractivity contribution < 1.29 is 40.9 Å². The number of rotatable bonds is 12. The van der Waals surface area contributed by atoms with Gasteiger partial charge in [-0.3, -0.25) is 0 Å². The second-order valence-electron chi connectivity index (χ2n) is 13.0. The Hall–Kier alpha value is -1.21. The van der Waals surface area contributed by atoms with Crippen LogP contribution in [0.25, 0.3) is 0 Å². The van der Waals surface area contributed by atoms with Crippen LogP contribution >= 0.6 is 47.0 Å². The fraction of sp³-hybridized carbons (Fsp3) is 0.385. The van der Waals surface area contributed by atoms with Gasteiger partial charge < -0.3 is 40.9 Å². The van der Waals surface area contributed by atoms with Gasteiger partial charge in [0.15, 0.2) is 0 Å². The molecule has 0 saturated carbocycles. The summed E-state index contributed by atoms with van der Waals surface area (Å²) in [5, 5.41) is 1.87. The third-order valence-corrected chi connectivity index (χ3v) is 21.1.